The van der Waals surface area contributed by atoms with E-state index in [0.29, 0.717) is 29.0 Å². The SMILES string of the molecule is Cc1cc(C2=NOC(C)(c3cc(C(F)(F)F)cc(Cl)c3F)C2)ccc1C(=O)NC1CN(C(F)(F)F)C1. The van der Waals surface area contributed by atoms with Crippen LogP contribution in [0.2, 0.25) is 5.02 Å². The van der Waals surface area contributed by atoms with Crippen LogP contribution in [-0.4, -0.2) is 42.0 Å². The van der Waals surface area contributed by atoms with Crippen LogP contribution in [0.1, 0.15) is 46.0 Å². The van der Waals surface area contributed by atoms with Crippen molar-refractivity contribution in [1.82, 2.24) is 10.2 Å². The summed E-state index contributed by atoms with van der Waals surface area (Å²) in [4.78, 5) is 18.2. The lowest BCUT2D eigenvalue weighted by atomic mass is 9.87. The van der Waals surface area contributed by atoms with E-state index < -0.39 is 52.0 Å². The molecular weight excluding hydrogens is 519 g/mol. The summed E-state index contributed by atoms with van der Waals surface area (Å²) in [5, 5.41) is 5.78. The summed E-state index contributed by atoms with van der Waals surface area (Å²) in [5.41, 5.74) is -1.58. The number of alkyl halides is 6. The van der Waals surface area contributed by atoms with Crippen LogP contribution < -0.4 is 5.32 Å². The first kappa shape index (κ1) is 26.2. The lowest BCUT2D eigenvalue weighted by molar-refractivity contribution is -0.268. The molecule has 5 nitrogen and oxygen atoms in total. The van der Waals surface area contributed by atoms with Crippen LogP contribution in [-0.2, 0) is 16.6 Å². The minimum absolute atomic E-state index is 0.0815. The molecule has 0 aliphatic carbocycles. The third-order valence-corrected chi connectivity index (χ3v) is 6.44. The van der Waals surface area contributed by atoms with E-state index in [0.717, 1.165) is 0 Å². The number of benzene rings is 2. The Balaban J connectivity index is 1.48. The summed E-state index contributed by atoms with van der Waals surface area (Å²) in [6, 6.07) is 5.06. The van der Waals surface area contributed by atoms with Gasteiger partial charge in [0, 0.05) is 30.6 Å². The third-order valence-electron chi connectivity index (χ3n) is 6.17. The van der Waals surface area contributed by atoms with Crippen molar-refractivity contribution in [2.24, 2.45) is 5.16 Å². The number of aryl methyl sites for hydroxylation is 1. The first-order valence-electron chi connectivity index (χ1n) is 10.6. The molecule has 13 heteroatoms. The zero-order valence-electron chi connectivity index (χ0n) is 18.8. The molecular formula is C23H19ClF7N3O2. The van der Waals surface area contributed by atoms with Crippen molar-refractivity contribution in [3.8, 4) is 0 Å². The number of rotatable bonds is 4. The molecule has 2 aliphatic rings. The molecule has 0 radical (unpaired) electrons. The number of nitrogens with one attached hydrogen (secondary N) is 1. The van der Waals surface area contributed by atoms with Crippen molar-refractivity contribution >= 4 is 23.2 Å². The van der Waals surface area contributed by atoms with Gasteiger partial charge < -0.3 is 10.2 Å². The molecule has 2 aromatic rings. The number of amides is 1. The zero-order chi connectivity index (χ0) is 26.6. The van der Waals surface area contributed by atoms with Crippen LogP contribution >= 0.6 is 11.6 Å². The van der Waals surface area contributed by atoms with Crippen molar-refractivity contribution < 1.29 is 40.4 Å². The number of nitrogens with zero attached hydrogens (tertiary/aromatic N) is 2. The summed E-state index contributed by atoms with van der Waals surface area (Å²) in [6.07, 6.45) is -9.27. The number of halogens is 8. The van der Waals surface area contributed by atoms with Crippen molar-refractivity contribution in [3.05, 3.63) is 69.0 Å². The van der Waals surface area contributed by atoms with E-state index in [2.05, 4.69) is 10.5 Å². The highest BCUT2D eigenvalue weighted by atomic mass is 35.5. The quantitative estimate of drug-likeness (QED) is 0.397. The summed E-state index contributed by atoms with van der Waals surface area (Å²) < 4.78 is 92.1. The first-order chi connectivity index (χ1) is 16.6. The van der Waals surface area contributed by atoms with Crippen LogP contribution in [0.15, 0.2) is 35.5 Å². The predicted octanol–water partition coefficient (Wildman–Crippen LogP) is 5.78. The van der Waals surface area contributed by atoms with Crippen LogP contribution in [0, 0.1) is 12.7 Å². The summed E-state index contributed by atoms with van der Waals surface area (Å²) in [5.74, 6) is -1.59. The summed E-state index contributed by atoms with van der Waals surface area (Å²) in [7, 11) is 0. The normalized spacial score (nSPS) is 21.1. The molecule has 0 saturated carbocycles. The Bertz CT molecular complexity index is 1240. The maximum Gasteiger partial charge on any atom is 0.460 e. The molecule has 1 amide bonds. The molecule has 1 atom stereocenters. The predicted molar refractivity (Wildman–Crippen MR) is 116 cm³/mol. The van der Waals surface area contributed by atoms with E-state index in [4.69, 9.17) is 16.4 Å². The van der Waals surface area contributed by atoms with E-state index in [1.807, 2.05) is 0 Å². The average molecular weight is 538 g/mol. The van der Waals surface area contributed by atoms with Crippen molar-refractivity contribution in [3.63, 3.8) is 0 Å². The van der Waals surface area contributed by atoms with Gasteiger partial charge in [-0.15, -0.1) is 0 Å². The van der Waals surface area contributed by atoms with E-state index in [9.17, 15) is 35.5 Å². The van der Waals surface area contributed by atoms with Gasteiger partial charge in [-0.25, -0.2) is 9.29 Å². The van der Waals surface area contributed by atoms with Crippen molar-refractivity contribution in [2.75, 3.05) is 13.1 Å². The van der Waals surface area contributed by atoms with Gasteiger partial charge in [0.15, 0.2) is 5.60 Å². The standard InChI is InChI=1S/C23H19ClF7N3O2/c1-11-5-12(3-4-15(11)20(35)32-14-9-34(10-14)23(29,30)31)18-8-21(2,36-33-18)16-6-13(22(26,27)28)7-17(24)19(16)25/h3-7,14H,8-10H2,1-2H3,(H,32,35). The minimum atomic E-state index is -4.75. The van der Waals surface area contributed by atoms with Crippen molar-refractivity contribution in [2.45, 2.75) is 44.4 Å². The maximum absolute atomic E-state index is 14.7. The largest absolute Gasteiger partial charge is 0.460 e. The van der Waals surface area contributed by atoms with E-state index in [-0.39, 0.29) is 30.0 Å². The maximum atomic E-state index is 14.7. The average Bonchev–Trinajstić information content (AvgIpc) is 3.13. The topological polar surface area (TPSA) is 53.9 Å². The van der Waals surface area contributed by atoms with E-state index >= 15 is 0 Å². The van der Waals surface area contributed by atoms with Gasteiger partial charge in [0.1, 0.15) is 5.82 Å². The number of hydrogen-bond acceptors (Lipinski definition) is 4. The molecule has 1 N–H and O–H groups in total. The third kappa shape index (κ3) is 5.01. The molecule has 0 spiro atoms. The molecule has 2 aliphatic heterocycles. The monoisotopic (exact) mass is 537 g/mol. The second kappa shape index (κ2) is 8.91. The van der Waals surface area contributed by atoms with Gasteiger partial charge >= 0.3 is 12.5 Å². The smallest absolute Gasteiger partial charge is 0.384 e. The van der Waals surface area contributed by atoms with Gasteiger partial charge in [-0.1, -0.05) is 22.8 Å². The Kier molecular flexibility index (Phi) is 6.49. The van der Waals surface area contributed by atoms with Gasteiger partial charge in [-0.05, 0) is 49.2 Å². The van der Waals surface area contributed by atoms with E-state index in [1.54, 1.807) is 13.0 Å². The summed E-state index contributed by atoms with van der Waals surface area (Å²) >= 11 is 5.70. The second-order valence-corrected chi connectivity index (χ2v) is 9.33. The lowest BCUT2D eigenvalue weighted by Gasteiger charge is -2.40. The molecule has 1 saturated heterocycles. The highest BCUT2D eigenvalue weighted by molar-refractivity contribution is 6.30. The number of hydrogen-bond donors (Lipinski definition) is 1. The molecule has 4 rings (SSSR count). The molecule has 36 heavy (non-hydrogen) atoms. The fourth-order valence-corrected chi connectivity index (χ4v) is 4.33. The van der Waals surface area contributed by atoms with Gasteiger partial charge in [0.2, 0.25) is 0 Å². The van der Waals surface area contributed by atoms with Crippen LogP contribution in [0.5, 0.6) is 0 Å². The van der Waals surface area contributed by atoms with Crippen LogP contribution in [0.25, 0.3) is 0 Å². The highest BCUT2D eigenvalue weighted by Gasteiger charge is 2.46. The Labute approximate surface area is 205 Å². The first-order valence-corrected chi connectivity index (χ1v) is 11.0. The molecule has 1 unspecified atom stereocenters. The van der Waals surface area contributed by atoms with Gasteiger partial charge in [-0.3, -0.25) is 4.79 Å². The number of oxime groups is 1. The molecule has 1 fully saturated rings. The van der Waals surface area contributed by atoms with E-state index in [1.165, 1.54) is 19.1 Å². The number of carbonyl (C=O) groups is 1. The van der Waals surface area contributed by atoms with Gasteiger partial charge in [0.25, 0.3) is 5.91 Å². The molecule has 0 aromatic heterocycles. The Morgan fingerprint density at radius 2 is 1.83 bits per heavy atom. The van der Waals surface area contributed by atoms with Crippen LogP contribution in [0.3, 0.4) is 0 Å². The zero-order valence-corrected chi connectivity index (χ0v) is 19.6. The number of likely N-dealkylation sites (tertiary alicyclic amines) is 1. The molecule has 194 valence electrons. The second-order valence-electron chi connectivity index (χ2n) is 8.93. The molecule has 0 bridgehead atoms. The number of carbonyl (C=O) groups excluding carboxylic acids is 1. The molecule has 2 heterocycles. The highest BCUT2D eigenvalue weighted by Crippen LogP contribution is 2.42. The lowest BCUT2D eigenvalue weighted by Crippen LogP contribution is -2.63. The Morgan fingerprint density at radius 3 is 2.42 bits per heavy atom. The molecule has 2 aromatic carbocycles. The Hall–Kier alpha value is -2.86. The van der Waals surface area contributed by atoms with Crippen LogP contribution in [0.4, 0.5) is 30.7 Å². The minimum Gasteiger partial charge on any atom is -0.384 e. The Morgan fingerprint density at radius 1 is 1.17 bits per heavy atom. The van der Waals surface area contributed by atoms with Gasteiger partial charge in [0.05, 0.1) is 22.3 Å². The van der Waals surface area contributed by atoms with Crippen molar-refractivity contribution in [1.29, 1.82) is 0 Å². The summed E-state index contributed by atoms with van der Waals surface area (Å²) in [6.45, 7) is 2.32. The fraction of sp³-hybridized carbons (Fsp3) is 0.391. The fourth-order valence-electron chi connectivity index (χ4n) is 4.11. The van der Waals surface area contributed by atoms with Gasteiger partial charge in [-0.2, -0.15) is 26.3 Å².